The predicted molar refractivity (Wildman–Crippen MR) is 71.2 cm³/mol. The summed E-state index contributed by atoms with van der Waals surface area (Å²) in [5.41, 5.74) is 0.283. The van der Waals surface area contributed by atoms with Gasteiger partial charge in [-0.05, 0) is 6.92 Å². The second kappa shape index (κ2) is 6.02. The second-order valence-electron chi connectivity index (χ2n) is 3.81. The van der Waals surface area contributed by atoms with Crippen LogP contribution in [0, 0.1) is 5.92 Å². The zero-order valence-electron chi connectivity index (χ0n) is 9.44. The molecule has 0 heterocycles. The third-order valence-electron chi connectivity index (χ3n) is 2.43. The van der Waals surface area contributed by atoms with E-state index in [2.05, 4.69) is 0 Å². The molecule has 2 atom stereocenters. The molecule has 98 valence electrons. The summed E-state index contributed by atoms with van der Waals surface area (Å²) in [6, 6.07) is 8.08. The molecule has 0 amide bonds. The van der Waals surface area contributed by atoms with E-state index in [9.17, 15) is 14.7 Å². The van der Waals surface area contributed by atoms with E-state index >= 15 is 0 Å². The van der Waals surface area contributed by atoms with Crippen LogP contribution in [-0.4, -0.2) is 26.6 Å². The van der Waals surface area contributed by atoms with Crippen LogP contribution in [0.15, 0.2) is 30.3 Å². The Bertz CT molecular complexity index is 440. The summed E-state index contributed by atoms with van der Waals surface area (Å²) in [6.07, 6.45) is -1.69. The van der Waals surface area contributed by atoms with Gasteiger partial charge in [-0.25, -0.2) is 0 Å². The summed E-state index contributed by atoms with van der Waals surface area (Å²) in [6.45, 7) is 1.17. The Hall–Kier alpha value is -0.610. The summed E-state index contributed by atoms with van der Waals surface area (Å²) >= 11 is 16.6. The Labute approximate surface area is 120 Å². The van der Waals surface area contributed by atoms with Gasteiger partial charge in [0.1, 0.15) is 17.8 Å². The molecule has 0 bridgehead atoms. The van der Waals surface area contributed by atoms with Gasteiger partial charge >= 0.3 is 0 Å². The Morgan fingerprint density at radius 3 is 2.06 bits per heavy atom. The van der Waals surface area contributed by atoms with E-state index < -0.39 is 27.4 Å². The number of benzene rings is 1. The number of carbonyl (C=O) groups is 2. The SMILES string of the molecule is CC(=O)C(C(=O)c1ccccc1)C(O)C(Cl)(Cl)Cl. The van der Waals surface area contributed by atoms with Crippen LogP contribution >= 0.6 is 34.8 Å². The molecule has 0 aliphatic rings. The zero-order valence-corrected chi connectivity index (χ0v) is 11.7. The first-order valence-electron chi connectivity index (χ1n) is 5.09. The van der Waals surface area contributed by atoms with Gasteiger partial charge in [-0.3, -0.25) is 9.59 Å². The minimum Gasteiger partial charge on any atom is -0.387 e. The molecule has 0 spiro atoms. The van der Waals surface area contributed by atoms with Crippen molar-refractivity contribution in [2.75, 3.05) is 0 Å². The fraction of sp³-hybridized carbons (Fsp3) is 0.333. The highest BCUT2D eigenvalue weighted by Crippen LogP contribution is 2.35. The van der Waals surface area contributed by atoms with Crippen molar-refractivity contribution in [3.8, 4) is 0 Å². The molecule has 2 unspecified atom stereocenters. The molecule has 0 aliphatic heterocycles. The maximum Gasteiger partial charge on any atom is 0.217 e. The standard InChI is InChI=1S/C12H11Cl3O3/c1-7(16)9(11(18)12(13,14)15)10(17)8-5-3-2-4-6-8/h2-6,9,11,18H,1H3. The minimum atomic E-state index is -2.10. The van der Waals surface area contributed by atoms with Gasteiger partial charge < -0.3 is 5.11 Å². The maximum absolute atomic E-state index is 12.1. The first-order chi connectivity index (χ1) is 8.25. The lowest BCUT2D eigenvalue weighted by atomic mass is 9.90. The van der Waals surface area contributed by atoms with Gasteiger partial charge in [0.15, 0.2) is 5.78 Å². The smallest absolute Gasteiger partial charge is 0.217 e. The number of aliphatic hydroxyl groups excluding tert-OH is 1. The first-order valence-corrected chi connectivity index (χ1v) is 6.23. The molecule has 0 saturated carbocycles. The summed E-state index contributed by atoms with van der Waals surface area (Å²) in [5, 5.41) is 9.81. The molecule has 18 heavy (non-hydrogen) atoms. The molecule has 1 aromatic rings. The lowest BCUT2D eigenvalue weighted by Gasteiger charge is -2.25. The van der Waals surface area contributed by atoms with Crippen molar-refractivity contribution in [1.29, 1.82) is 0 Å². The van der Waals surface area contributed by atoms with Gasteiger partial charge in [-0.1, -0.05) is 65.1 Å². The second-order valence-corrected chi connectivity index (χ2v) is 6.17. The number of rotatable bonds is 4. The van der Waals surface area contributed by atoms with Crippen molar-refractivity contribution in [2.45, 2.75) is 16.8 Å². The van der Waals surface area contributed by atoms with Crippen molar-refractivity contribution in [2.24, 2.45) is 5.92 Å². The number of hydrogen-bond acceptors (Lipinski definition) is 3. The third kappa shape index (κ3) is 3.69. The number of aliphatic hydroxyl groups is 1. The van der Waals surface area contributed by atoms with Crippen molar-refractivity contribution in [3.05, 3.63) is 35.9 Å². The molecular formula is C12H11Cl3O3. The minimum absolute atomic E-state index is 0.283. The summed E-state index contributed by atoms with van der Waals surface area (Å²) in [7, 11) is 0. The van der Waals surface area contributed by atoms with E-state index in [0.717, 1.165) is 0 Å². The van der Waals surface area contributed by atoms with Gasteiger partial charge in [0.2, 0.25) is 3.79 Å². The number of hydrogen-bond donors (Lipinski definition) is 1. The van der Waals surface area contributed by atoms with Gasteiger partial charge in [0.25, 0.3) is 0 Å². The Morgan fingerprint density at radius 1 is 1.17 bits per heavy atom. The molecule has 1 aromatic carbocycles. The lowest BCUT2D eigenvalue weighted by molar-refractivity contribution is -0.122. The summed E-state index contributed by atoms with van der Waals surface area (Å²) in [4.78, 5) is 23.6. The van der Waals surface area contributed by atoms with E-state index in [1.807, 2.05) is 0 Å². The van der Waals surface area contributed by atoms with Crippen LogP contribution in [0.3, 0.4) is 0 Å². The highest BCUT2D eigenvalue weighted by atomic mass is 35.6. The largest absolute Gasteiger partial charge is 0.387 e. The predicted octanol–water partition coefficient (Wildman–Crippen LogP) is 2.81. The topological polar surface area (TPSA) is 54.4 Å². The first kappa shape index (κ1) is 15.4. The average Bonchev–Trinajstić information content (AvgIpc) is 2.28. The molecule has 0 fully saturated rings. The van der Waals surface area contributed by atoms with E-state index in [0.29, 0.717) is 0 Å². The summed E-state index contributed by atoms with van der Waals surface area (Å²) < 4.78 is -2.10. The lowest BCUT2D eigenvalue weighted by Crippen LogP contribution is -2.42. The number of Topliss-reactive ketones (excluding diaryl/α,β-unsaturated/α-hetero) is 2. The fourth-order valence-corrected chi connectivity index (χ4v) is 1.90. The van der Waals surface area contributed by atoms with Gasteiger partial charge in [-0.15, -0.1) is 0 Å². The van der Waals surface area contributed by atoms with Crippen LogP contribution in [0.1, 0.15) is 17.3 Å². The van der Waals surface area contributed by atoms with Gasteiger partial charge in [0.05, 0.1) is 0 Å². The molecule has 3 nitrogen and oxygen atoms in total. The van der Waals surface area contributed by atoms with E-state index in [1.165, 1.54) is 19.1 Å². The highest BCUT2D eigenvalue weighted by Gasteiger charge is 2.43. The van der Waals surface area contributed by atoms with Gasteiger partial charge in [-0.2, -0.15) is 0 Å². The van der Waals surface area contributed by atoms with Crippen LogP contribution in [-0.2, 0) is 4.79 Å². The number of ketones is 2. The van der Waals surface area contributed by atoms with Crippen LogP contribution in [0.25, 0.3) is 0 Å². The highest BCUT2D eigenvalue weighted by molar-refractivity contribution is 6.68. The molecular weight excluding hydrogens is 298 g/mol. The van der Waals surface area contributed by atoms with Crippen LogP contribution in [0.4, 0.5) is 0 Å². The molecule has 0 aromatic heterocycles. The van der Waals surface area contributed by atoms with Crippen molar-refractivity contribution < 1.29 is 14.7 Å². The van der Waals surface area contributed by atoms with E-state index in [4.69, 9.17) is 34.8 Å². The van der Waals surface area contributed by atoms with Crippen LogP contribution in [0.2, 0.25) is 0 Å². The quantitative estimate of drug-likeness (QED) is 0.528. The van der Waals surface area contributed by atoms with E-state index in [-0.39, 0.29) is 5.56 Å². The zero-order chi connectivity index (χ0) is 13.9. The molecule has 1 N–H and O–H groups in total. The monoisotopic (exact) mass is 308 g/mol. The number of halogens is 3. The normalized spacial score (nSPS) is 14.9. The van der Waals surface area contributed by atoms with E-state index in [1.54, 1.807) is 18.2 Å². The van der Waals surface area contributed by atoms with Crippen molar-refractivity contribution in [1.82, 2.24) is 0 Å². The molecule has 1 rings (SSSR count). The number of carbonyl (C=O) groups excluding carboxylic acids is 2. The van der Waals surface area contributed by atoms with Crippen LogP contribution in [0.5, 0.6) is 0 Å². The average molecular weight is 310 g/mol. The number of alkyl halides is 3. The van der Waals surface area contributed by atoms with Gasteiger partial charge in [0, 0.05) is 5.56 Å². The van der Waals surface area contributed by atoms with Crippen LogP contribution < -0.4 is 0 Å². The van der Waals surface area contributed by atoms with Crippen molar-refractivity contribution in [3.63, 3.8) is 0 Å². The molecule has 0 radical (unpaired) electrons. The molecule has 0 saturated heterocycles. The summed E-state index contributed by atoms with van der Waals surface area (Å²) in [5.74, 6) is -2.51. The fourth-order valence-electron chi connectivity index (χ4n) is 1.52. The Kier molecular flexibility index (Phi) is 5.17. The maximum atomic E-state index is 12.1. The molecule has 6 heteroatoms. The Morgan fingerprint density at radius 2 is 1.67 bits per heavy atom. The third-order valence-corrected chi connectivity index (χ3v) is 3.10. The molecule has 0 aliphatic carbocycles. The van der Waals surface area contributed by atoms with Crippen molar-refractivity contribution >= 4 is 46.4 Å². The Balaban J connectivity index is 3.08.